The van der Waals surface area contributed by atoms with Gasteiger partial charge in [-0.3, -0.25) is 0 Å². The van der Waals surface area contributed by atoms with E-state index >= 15 is 0 Å². The third-order valence-electron chi connectivity index (χ3n) is 10.8. The molecule has 0 amide bonds. The molecule has 10 rings (SSSR count). The lowest BCUT2D eigenvalue weighted by molar-refractivity contribution is 0.0526. The van der Waals surface area contributed by atoms with Crippen molar-refractivity contribution in [3.05, 3.63) is 192 Å². The van der Waals surface area contributed by atoms with Crippen LogP contribution in [0.25, 0.3) is 102 Å². The number of nitrogens with zero attached hydrogens (tertiary/aromatic N) is 2. The molecule has 8 bridgehead atoms. The van der Waals surface area contributed by atoms with Crippen LogP contribution in [0.3, 0.4) is 0 Å². The summed E-state index contributed by atoms with van der Waals surface area (Å²) < 4.78 is 5.45. The molecule has 6 nitrogen and oxygen atoms in total. The van der Waals surface area contributed by atoms with Gasteiger partial charge in [0.15, 0.2) is 0 Å². The Hall–Kier alpha value is -7.83. The van der Waals surface area contributed by atoms with Gasteiger partial charge in [-0.05, 0) is 89.4 Å². The topological polar surface area (TPSA) is 83.7 Å². The minimum Gasteiger partial charge on any atom is -0.462 e. The Morgan fingerprint density at radius 3 is 1.36 bits per heavy atom. The van der Waals surface area contributed by atoms with Gasteiger partial charge in [-0.15, -0.1) is 0 Å². The molecule has 0 radical (unpaired) electrons. The molecular formula is C53H38N4O2. The molecule has 282 valence electrons. The Labute approximate surface area is 341 Å². The normalized spacial score (nSPS) is 11.8. The molecule has 2 aliphatic heterocycles. The molecule has 0 aliphatic carbocycles. The summed E-state index contributed by atoms with van der Waals surface area (Å²) in [5.74, 6) is -0.362. The van der Waals surface area contributed by atoms with Crippen molar-refractivity contribution in [1.29, 1.82) is 0 Å². The molecule has 59 heavy (non-hydrogen) atoms. The first-order valence-corrected chi connectivity index (χ1v) is 19.8. The van der Waals surface area contributed by atoms with Crippen molar-refractivity contribution in [2.45, 2.75) is 6.92 Å². The van der Waals surface area contributed by atoms with E-state index < -0.39 is 0 Å². The molecular weight excluding hydrogens is 725 g/mol. The molecule has 0 fully saturated rings. The van der Waals surface area contributed by atoms with E-state index in [-0.39, 0.29) is 5.97 Å². The molecule has 0 saturated heterocycles. The van der Waals surface area contributed by atoms with Gasteiger partial charge in [0.25, 0.3) is 0 Å². The number of carbonyl (C=O) groups excluding carboxylic acids is 1. The minimum atomic E-state index is -0.362. The first-order valence-electron chi connectivity index (χ1n) is 19.8. The highest BCUT2D eigenvalue weighted by Crippen LogP contribution is 2.41. The van der Waals surface area contributed by atoms with Crippen molar-refractivity contribution in [2.75, 3.05) is 6.61 Å². The first kappa shape index (κ1) is 35.6. The van der Waals surface area contributed by atoms with Gasteiger partial charge >= 0.3 is 5.97 Å². The maximum Gasteiger partial charge on any atom is 0.338 e. The van der Waals surface area contributed by atoms with Gasteiger partial charge in [0, 0.05) is 44.4 Å². The van der Waals surface area contributed by atoms with E-state index in [9.17, 15) is 4.79 Å². The highest BCUT2D eigenvalue weighted by Gasteiger charge is 2.21. The summed E-state index contributed by atoms with van der Waals surface area (Å²) in [5, 5.41) is 0. The van der Waals surface area contributed by atoms with Gasteiger partial charge < -0.3 is 14.7 Å². The smallest absolute Gasteiger partial charge is 0.338 e. The molecule has 3 aromatic heterocycles. The van der Waals surface area contributed by atoms with Crippen molar-refractivity contribution in [1.82, 2.24) is 19.9 Å². The molecule has 2 N–H and O–H groups in total. The number of esters is 1. The zero-order valence-electron chi connectivity index (χ0n) is 32.3. The molecule has 6 heteroatoms. The molecule has 5 heterocycles. The number of hydrogen-bond acceptors (Lipinski definition) is 4. The molecule has 0 spiro atoms. The summed E-state index contributed by atoms with van der Waals surface area (Å²) in [5.41, 5.74) is 17.2. The Morgan fingerprint density at radius 2 is 0.881 bits per heavy atom. The van der Waals surface area contributed by atoms with Gasteiger partial charge in [0.2, 0.25) is 0 Å². The average Bonchev–Trinajstić information content (AvgIpc) is 4.13. The molecule has 5 aromatic carbocycles. The lowest BCUT2D eigenvalue weighted by Gasteiger charge is -2.08. The third kappa shape index (κ3) is 6.66. The van der Waals surface area contributed by atoms with Crippen LogP contribution in [0.2, 0.25) is 0 Å². The Balaban J connectivity index is 1.42. The van der Waals surface area contributed by atoms with Crippen LogP contribution in [0.15, 0.2) is 164 Å². The number of fused-ring (bicyclic) bond motifs is 8. The Kier molecular flexibility index (Phi) is 9.20. The number of hydrogen-bond donors (Lipinski definition) is 2. The highest BCUT2D eigenvalue weighted by molar-refractivity contribution is 6.05. The zero-order chi connectivity index (χ0) is 39.7. The number of ether oxygens (including phenoxy) is 1. The summed E-state index contributed by atoms with van der Waals surface area (Å²) in [7, 11) is 0. The number of aromatic nitrogens is 4. The van der Waals surface area contributed by atoms with Crippen molar-refractivity contribution in [3.63, 3.8) is 0 Å². The molecule has 0 atom stereocenters. The number of nitrogens with one attached hydrogen (secondary N) is 2. The van der Waals surface area contributed by atoms with Gasteiger partial charge in [-0.2, -0.15) is 0 Å². The predicted molar refractivity (Wildman–Crippen MR) is 242 cm³/mol. The second-order valence-electron chi connectivity index (χ2n) is 14.5. The van der Waals surface area contributed by atoms with Crippen molar-refractivity contribution in [2.24, 2.45) is 0 Å². The first-order chi connectivity index (χ1) is 29.1. The predicted octanol–water partition coefficient (Wildman–Crippen LogP) is 13.2. The minimum absolute atomic E-state index is 0.290. The lowest BCUT2D eigenvalue weighted by Crippen LogP contribution is -2.04. The molecule has 0 unspecified atom stereocenters. The second kappa shape index (κ2) is 15.3. The molecule has 2 aliphatic rings. The maximum atomic E-state index is 13.1. The van der Waals surface area contributed by atoms with Crippen LogP contribution in [0.4, 0.5) is 0 Å². The third-order valence-corrected chi connectivity index (χ3v) is 10.8. The summed E-state index contributed by atoms with van der Waals surface area (Å²) in [6.45, 7) is 2.11. The largest absolute Gasteiger partial charge is 0.462 e. The fourth-order valence-electron chi connectivity index (χ4n) is 8.17. The van der Waals surface area contributed by atoms with Gasteiger partial charge in [0.05, 0.1) is 40.5 Å². The summed E-state index contributed by atoms with van der Waals surface area (Å²) in [6, 6.07) is 55.7. The SMILES string of the molecule is CCOC(=O)c1cccc(-c2cc3[nH]c2c(-c2ccccc2)c2nc(c(-c4ccccc4)c4ccc([nH]4)c(-c4ccccc4)c4nc(c3-c3ccccc3)C=C4)C=C2)c1. The van der Waals surface area contributed by atoms with Crippen LogP contribution in [-0.2, 0) is 4.74 Å². The number of carbonyl (C=O) groups is 1. The molecule has 0 saturated carbocycles. The van der Waals surface area contributed by atoms with Gasteiger partial charge in [-0.1, -0.05) is 133 Å². The van der Waals surface area contributed by atoms with Crippen LogP contribution in [0.5, 0.6) is 0 Å². The number of aromatic amines is 2. The van der Waals surface area contributed by atoms with E-state index in [1.807, 2.05) is 49.4 Å². The van der Waals surface area contributed by atoms with Crippen molar-refractivity contribution >= 4 is 52.3 Å². The average molecular weight is 763 g/mol. The number of benzene rings is 5. The number of rotatable bonds is 7. The number of H-pyrrole nitrogens is 2. The zero-order valence-corrected chi connectivity index (χ0v) is 32.3. The highest BCUT2D eigenvalue weighted by atomic mass is 16.5. The van der Waals surface area contributed by atoms with Crippen molar-refractivity contribution in [3.8, 4) is 55.6 Å². The quantitative estimate of drug-likeness (QED) is 0.158. The van der Waals surface area contributed by atoms with E-state index in [1.54, 1.807) is 6.07 Å². The Morgan fingerprint density at radius 1 is 0.458 bits per heavy atom. The van der Waals surface area contributed by atoms with Crippen LogP contribution in [-0.4, -0.2) is 32.5 Å². The maximum absolute atomic E-state index is 13.1. The summed E-state index contributed by atoms with van der Waals surface area (Å²) in [6.07, 6.45) is 8.44. The van der Waals surface area contributed by atoms with E-state index in [0.717, 1.165) is 100 Å². The summed E-state index contributed by atoms with van der Waals surface area (Å²) >= 11 is 0. The van der Waals surface area contributed by atoms with E-state index in [2.05, 4.69) is 150 Å². The van der Waals surface area contributed by atoms with Gasteiger partial charge in [0.1, 0.15) is 0 Å². The van der Waals surface area contributed by atoms with E-state index in [0.29, 0.717) is 12.2 Å². The fourth-order valence-corrected chi connectivity index (χ4v) is 8.17. The Bertz CT molecular complexity index is 3110. The van der Waals surface area contributed by atoms with Gasteiger partial charge in [-0.25, -0.2) is 14.8 Å². The molecule has 8 aromatic rings. The van der Waals surface area contributed by atoms with Crippen LogP contribution in [0.1, 0.15) is 40.1 Å². The lowest BCUT2D eigenvalue weighted by atomic mass is 9.97. The summed E-state index contributed by atoms with van der Waals surface area (Å²) in [4.78, 5) is 31.8. The van der Waals surface area contributed by atoms with Crippen LogP contribution < -0.4 is 0 Å². The van der Waals surface area contributed by atoms with Crippen molar-refractivity contribution < 1.29 is 9.53 Å². The second-order valence-corrected chi connectivity index (χ2v) is 14.5. The fraction of sp³-hybridized carbons (Fsp3) is 0.0377. The standard InChI is InChI=1S/C53H38N4O2/c1-2-59-53(58)39-25-15-24-38(32-39)40-33-47-50(36-20-11-5-12-21-36)45-29-28-43(55-45)48(34-16-7-3-8-17-34)41-26-27-42(54-41)49(35-18-9-4-10-19-35)44-30-31-46(56-44)51(52(40)57-47)37-22-13-6-14-23-37/h3-33,54,57H,2H2,1H3. The van der Waals surface area contributed by atoms with E-state index in [4.69, 9.17) is 14.7 Å². The van der Waals surface area contributed by atoms with Crippen LogP contribution >= 0.6 is 0 Å². The monoisotopic (exact) mass is 762 g/mol. The van der Waals surface area contributed by atoms with E-state index in [1.165, 1.54) is 0 Å². The van der Waals surface area contributed by atoms with Crippen LogP contribution in [0, 0.1) is 0 Å².